The molecule has 246 valence electrons. The van der Waals surface area contributed by atoms with Crippen LogP contribution in [0.25, 0.3) is 65.3 Å². The van der Waals surface area contributed by atoms with Gasteiger partial charge in [-0.05, 0) is 96.6 Å². The number of phenols is 1. The minimum atomic E-state index is -0.320. The van der Waals surface area contributed by atoms with Crippen LogP contribution in [-0.4, -0.2) is 60.0 Å². The van der Waals surface area contributed by atoms with E-state index in [-0.39, 0.29) is 55.1 Å². The molecule has 9 rings (SSSR count). The van der Waals surface area contributed by atoms with Crippen LogP contribution in [0.5, 0.6) is 5.75 Å². The second-order valence-electron chi connectivity index (χ2n) is 14.2. The second-order valence-corrected chi connectivity index (χ2v) is 14.2. The third-order valence-corrected chi connectivity index (χ3v) is 11.1. The molecular weight excluding hydrogens is 670 g/mol. The SMILES string of the molecule is [B]c1c([B])c([B])c(-c2c([B])c(C)c(N(c3ccc(-c4cc5ccccc5c5ccccc45)cc3)c3cc4ccccc4c4ccccc34)c([B])c2O)c([B])c1[B]. The van der Waals surface area contributed by atoms with Crippen molar-refractivity contribution in [1.82, 2.24) is 0 Å². The van der Waals surface area contributed by atoms with Gasteiger partial charge in [0.1, 0.15) is 60.7 Å². The largest absolute Gasteiger partial charge is 0.508 e. The standard InChI is InChI=1S/C47H26B7NO/c1-24-39(48)38(37-40(49)42(51)44(53)43(52)41(37)50)47(56)45(54)46(24)55(36-23-27-11-3-5-13-30(27)32-15-8-9-17-34(32)36)28-20-18-25(19-21-28)35-22-26-10-2-4-12-29(26)31-14-6-7-16-33(31)35/h2-23,56H,1H3. The smallest absolute Gasteiger partial charge is 0.122 e. The zero-order chi connectivity index (χ0) is 39.0. The van der Waals surface area contributed by atoms with Crippen molar-refractivity contribution in [3.8, 4) is 28.0 Å². The van der Waals surface area contributed by atoms with Gasteiger partial charge in [-0.3, -0.25) is 0 Å². The molecule has 0 aliphatic rings. The predicted octanol–water partition coefficient (Wildman–Crippen LogP) is 4.67. The molecule has 0 heterocycles. The Bertz CT molecular complexity index is 3030. The van der Waals surface area contributed by atoms with Crippen molar-refractivity contribution >= 4 is 153 Å². The Morgan fingerprint density at radius 3 is 1.48 bits per heavy atom. The average Bonchev–Trinajstić information content (AvgIpc) is 3.24. The van der Waals surface area contributed by atoms with Crippen molar-refractivity contribution in [3.63, 3.8) is 0 Å². The highest BCUT2D eigenvalue weighted by molar-refractivity contribution is 6.69. The van der Waals surface area contributed by atoms with Crippen LogP contribution in [0.3, 0.4) is 0 Å². The fourth-order valence-corrected chi connectivity index (χ4v) is 8.24. The monoisotopic (exact) mass is 697 g/mol. The van der Waals surface area contributed by atoms with Crippen LogP contribution in [0, 0.1) is 6.92 Å². The van der Waals surface area contributed by atoms with Gasteiger partial charge in [-0.2, -0.15) is 0 Å². The fourth-order valence-electron chi connectivity index (χ4n) is 8.24. The maximum Gasteiger partial charge on any atom is 0.122 e. The number of benzene rings is 9. The lowest BCUT2D eigenvalue weighted by atomic mass is 9.58. The molecule has 9 heteroatoms. The first kappa shape index (κ1) is 35.8. The van der Waals surface area contributed by atoms with Crippen LogP contribution in [0.1, 0.15) is 5.56 Å². The highest BCUT2D eigenvalue weighted by Gasteiger charge is 2.27. The summed E-state index contributed by atoms with van der Waals surface area (Å²) in [5.41, 5.74) is 5.61. The molecule has 56 heavy (non-hydrogen) atoms. The van der Waals surface area contributed by atoms with Crippen LogP contribution < -0.4 is 43.1 Å². The minimum Gasteiger partial charge on any atom is -0.508 e. The maximum atomic E-state index is 12.1. The molecule has 0 atom stereocenters. The van der Waals surface area contributed by atoms with Gasteiger partial charge in [-0.15, -0.1) is 16.4 Å². The van der Waals surface area contributed by atoms with E-state index >= 15 is 0 Å². The summed E-state index contributed by atoms with van der Waals surface area (Å²) in [4.78, 5) is 2.06. The van der Waals surface area contributed by atoms with Crippen LogP contribution in [-0.2, 0) is 0 Å². The molecule has 14 radical (unpaired) electrons. The highest BCUT2D eigenvalue weighted by Crippen LogP contribution is 2.44. The Labute approximate surface area is 335 Å². The number of hydrogen-bond donors (Lipinski definition) is 1. The molecule has 0 aliphatic heterocycles. The first-order valence-electron chi connectivity index (χ1n) is 18.2. The van der Waals surface area contributed by atoms with Gasteiger partial charge in [0.25, 0.3) is 0 Å². The number of rotatable bonds is 5. The van der Waals surface area contributed by atoms with E-state index in [1.807, 2.05) is 31.2 Å². The summed E-state index contributed by atoms with van der Waals surface area (Å²) in [6, 6.07) is 46.2. The van der Waals surface area contributed by atoms with Crippen molar-refractivity contribution in [2.75, 3.05) is 4.90 Å². The number of phenolic OH excluding ortho intramolecular Hbond substituents is 1. The van der Waals surface area contributed by atoms with E-state index in [2.05, 4.69) is 114 Å². The van der Waals surface area contributed by atoms with E-state index in [4.69, 9.17) is 54.9 Å². The number of anilines is 3. The van der Waals surface area contributed by atoms with Gasteiger partial charge in [-0.25, -0.2) is 0 Å². The highest BCUT2D eigenvalue weighted by atomic mass is 16.3. The molecular formula is C47H26B7NO. The van der Waals surface area contributed by atoms with E-state index in [1.165, 1.54) is 10.8 Å². The molecule has 9 aromatic carbocycles. The van der Waals surface area contributed by atoms with Crippen LogP contribution >= 0.6 is 0 Å². The average molecular weight is 696 g/mol. The molecule has 0 fully saturated rings. The summed E-state index contributed by atoms with van der Waals surface area (Å²) in [6.07, 6.45) is 0. The van der Waals surface area contributed by atoms with E-state index < -0.39 is 0 Å². The van der Waals surface area contributed by atoms with E-state index in [1.54, 1.807) is 0 Å². The molecule has 0 saturated heterocycles. The molecule has 0 unspecified atom stereocenters. The molecule has 0 aliphatic carbocycles. The predicted molar refractivity (Wildman–Crippen MR) is 246 cm³/mol. The zero-order valence-corrected chi connectivity index (χ0v) is 30.6. The Morgan fingerprint density at radius 1 is 0.429 bits per heavy atom. The van der Waals surface area contributed by atoms with Crippen molar-refractivity contribution in [3.05, 3.63) is 139 Å². The second kappa shape index (κ2) is 13.7. The van der Waals surface area contributed by atoms with Crippen LogP contribution in [0.2, 0.25) is 0 Å². The Hall–Kier alpha value is -5.93. The maximum absolute atomic E-state index is 12.1. The molecule has 9 aromatic rings. The number of nitrogens with zero attached hydrogens (tertiary/aromatic N) is 1. The lowest BCUT2D eigenvalue weighted by Crippen LogP contribution is -2.55. The number of aromatic hydroxyl groups is 1. The van der Waals surface area contributed by atoms with Gasteiger partial charge in [0.2, 0.25) is 0 Å². The first-order valence-corrected chi connectivity index (χ1v) is 18.2. The Balaban J connectivity index is 1.32. The quantitative estimate of drug-likeness (QED) is 0.209. The first-order chi connectivity index (χ1) is 27.1. The Morgan fingerprint density at radius 2 is 0.893 bits per heavy atom. The van der Waals surface area contributed by atoms with E-state index in [9.17, 15) is 5.11 Å². The summed E-state index contributed by atoms with van der Waals surface area (Å²) in [5, 5.41) is 21.0. The van der Waals surface area contributed by atoms with Crippen molar-refractivity contribution in [2.24, 2.45) is 0 Å². The summed E-state index contributed by atoms with van der Waals surface area (Å²) in [6.45, 7) is 1.85. The van der Waals surface area contributed by atoms with Gasteiger partial charge in [0.05, 0.1) is 5.69 Å². The number of hydrogen-bond acceptors (Lipinski definition) is 2. The summed E-state index contributed by atoms with van der Waals surface area (Å²) >= 11 is 0. The molecule has 0 bridgehead atoms. The van der Waals surface area contributed by atoms with Gasteiger partial charge in [0, 0.05) is 22.3 Å². The molecule has 1 N–H and O–H groups in total. The van der Waals surface area contributed by atoms with Crippen LogP contribution in [0.4, 0.5) is 17.1 Å². The molecule has 0 saturated carbocycles. The molecule has 0 aromatic heterocycles. The Kier molecular flexibility index (Phi) is 8.73. The van der Waals surface area contributed by atoms with Crippen molar-refractivity contribution in [2.45, 2.75) is 6.92 Å². The zero-order valence-electron chi connectivity index (χ0n) is 30.6. The number of fused-ring (bicyclic) bond motifs is 6. The summed E-state index contributed by atoms with van der Waals surface area (Å²) < 4.78 is 0. The normalized spacial score (nSPS) is 11.5. The van der Waals surface area contributed by atoms with E-state index in [0.29, 0.717) is 11.3 Å². The minimum absolute atomic E-state index is 0.0364. The summed E-state index contributed by atoms with van der Waals surface area (Å²) in [7, 11) is 45.6. The fraction of sp³-hybridized carbons (Fsp3) is 0.0213. The van der Waals surface area contributed by atoms with Crippen LogP contribution in [0.15, 0.2) is 133 Å². The lowest BCUT2D eigenvalue weighted by molar-refractivity contribution is 0.482. The lowest BCUT2D eigenvalue weighted by Gasteiger charge is -2.33. The van der Waals surface area contributed by atoms with Crippen molar-refractivity contribution < 1.29 is 5.11 Å². The third-order valence-electron chi connectivity index (χ3n) is 11.1. The van der Waals surface area contributed by atoms with Gasteiger partial charge in [0.15, 0.2) is 0 Å². The van der Waals surface area contributed by atoms with Gasteiger partial charge in [-0.1, -0.05) is 126 Å². The van der Waals surface area contributed by atoms with E-state index in [0.717, 1.165) is 54.8 Å². The third kappa shape index (κ3) is 5.43. The van der Waals surface area contributed by atoms with Gasteiger partial charge >= 0.3 is 0 Å². The topological polar surface area (TPSA) is 23.5 Å². The van der Waals surface area contributed by atoms with Crippen molar-refractivity contribution in [1.29, 1.82) is 0 Å². The molecule has 0 amide bonds. The molecule has 2 nitrogen and oxygen atoms in total. The summed E-state index contributed by atoms with van der Waals surface area (Å²) in [5.74, 6) is -0.320. The van der Waals surface area contributed by atoms with Gasteiger partial charge < -0.3 is 10.0 Å². The molecule has 0 spiro atoms.